The summed E-state index contributed by atoms with van der Waals surface area (Å²) in [6.07, 6.45) is 1.49. The highest BCUT2D eigenvalue weighted by molar-refractivity contribution is 5.42. The van der Waals surface area contributed by atoms with Crippen LogP contribution in [0.2, 0.25) is 0 Å². The van der Waals surface area contributed by atoms with Crippen molar-refractivity contribution in [1.29, 1.82) is 0 Å². The summed E-state index contributed by atoms with van der Waals surface area (Å²) in [5.74, 6) is 2.10. The van der Waals surface area contributed by atoms with Gasteiger partial charge in [-0.1, -0.05) is 39.0 Å². The van der Waals surface area contributed by atoms with Gasteiger partial charge in [-0.15, -0.1) is 0 Å². The Hall–Kier alpha value is -2.10. The van der Waals surface area contributed by atoms with Gasteiger partial charge in [0.05, 0.1) is 0 Å². The molecule has 1 aromatic carbocycles. The standard InChI is InChI=1S/C15H19N3O/c1-15(2,3)11-7-5-6-8-12(11)19-14-9-13(16-4)17-10-18-14/h5-10H,1-4H3,(H,16,17,18). The van der Waals surface area contributed by atoms with E-state index in [1.54, 1.807) is 6.07 Å². The second-order valence-electron chi connectivity index (χ2n) is 5.34. The minimum Gasteiger partial charge on any atom is -0.439 e. The summed E-state index contributed by atoms with van der Waals surface area (Å²) in [4.78, 5) is 8.20. The van der Waals surface area contributed by atoms with Crippen LogP contribution in [0, 0.1) is 0 Å². The molecule has 0 fully saturated rings. The lowest BCUT2D eigenvalue weighted by Crippen LogP contribution is -2.12. The summed E-state index contributed by atoms with van der Waals surface area (Å²) >= 11 is 0. The smallest absolute Gasteiger partial charge is 0.224 e. The van der Waals surface area contributed by atoms with Crippen molar-refractivity contribution in [3.8, 4) is 11.6 Å². The third kappa shape index (κ3) is 3.22. The van der Waals surface area contributed by atoms with Crippen molar-refractivity contribution in [1.82, 2.24) is 9.97 Å². The van der Waals surface area contributed by atoms with Gasteiger partial charge in [-0.2, -0.15) is 0 Å². The Morgan fingerprint density at radius 2 is 1.84 bits per heavy atom. The van der Waals surface area contributed by atoms with Crippen LogP contribution in [0.4, 0.5) is 5.82 Å². The molecule has 1 heterocycles. The maximum absolute atomic E-state index is 5.89. The lowest BCUT2D eigenvalue weighted by Gasteiger charge is -2.22. The molecule has 4 heteroatoms. The van der Waals surface area contributed by atoms with Crippen LogP contribution in [0.25, 0.3) is 0 Å². The molecule has 0 aliphatic rings. The van der Waals surface area contributed by atoms with Crippen LogP contribution in [0.5, 0.6) is 11.6 Å². The first-order valence-corrected chi connectivity index (χ1v) is 6.28. The molecule has 0 amide bonds. The Kier molecular flexibility index (Phi) is 3.69. The van der Waals surface area contributed by atoms with Crippen LogP contribution in [-0.4, -0.2) is 17.0 Å². The molecule has 4 nitrogen and oxygen atoms in total. The maximum Gasteiger partial charge on any atom is 0.224 e. The summed E-state index contributed by atoms with van der Waals surface area (Å²) in [5.41, 5.74) is 1.18. The van der Waals surface area contributed by atoms with Crippen molar-refractivity contribution in [3.05, 3.63) is 42.2 Å². The van der Waals surface area contributed by atoms with Gasteiger partial charge >= 0.3 is 0 Å². The minimum atomic E-state index is 0.0233. The van der Waals surface area contributed by atoms with E-state index in [1.807, 2.05) is 25.2 Å². The van der Waals surface area contributed by atoms with Crippen LogP contribution in [0.3, 0.4) is 0 Å². The van der Waals surface area contributed by atoms with E-state index < -0.39 is 0 Å². The molecule has 0 saturated heterocycles. The number of aromatic nitrogens is 2. The highest BCUT2D eigenvalue weighted by Gasteiger charge is 2.19. The first-order valence-electron chi connectivity index (χ1n) is 6.28. The predicted octanol–water partition coefficient (Wildman–Crippen LogP) is 3.61. The zero-order valence-electron chi connectivity index (χ0n) is 11.8. The molecule has 100 valence electrons. The third-order valence-corrected chi connectivity index (χ3v) is 2.81. The number of para-hydroxylation sites is 1. The molecule has 0 atom stereocenters. The second-order valence-corrected chi connectivity index (χ2v) is 5.34. The molecule has 0 unspecified atom stereocenters. The van der Waals surface area contributed by atoms with E-state index in [1.165, 1.54) is 6.33 Å². The molecule has 0 bridgehead atoms. The summed E-state index contributed by atoms with van der Waals surface area (Å²) in [7, 11) is 1.81. The van der Waals surface area contributed by atoms with E-state index in [0.717, 1.165) is 17.1 Å². The zero-order valence-corrected chi connectivity index (χ0v) is 11.8. The SMILES string of the molecule is CNc1cc(Oc2ccccc2C(C)(C)C)ncn1. The van der Waals surface area contributed by atoms with Gasteiger partial charge in [-0.05, 0) is 11.5 Å². The fourth-order valence-electron chi connectivity index (χ4n) is 1.82. The summed E-state index contributed by atoms with van der Waals surface area (Å²) in [5, 5.41) is 2.97. The molecule has 2 aromatic rings. The molecule has 2 rings (SSSR count). The molecular formula is C15H19N3O. The molecule has 19 heavy (non-hydrogen) atoms. The second kappa shape index (κ2) is 5.26. The van der Waals surface area contributed by atoms with Crippen molar-refractivity contribution >= 4 is 5.82 Å². The largest absolute Gasteiger partial charge is 0.439 e. The number of nitrogens with zero attached hydrogens (tertiary/aromatic N) is 2. The van der Waals surface area contributed by atoms with Crippen molar-refractivity contribution in [3.63, 3.8) is 0 Å². The lowest BCUT2D eigenvalue weighted by atomic mass is 9.86. The van der Waals surface area contributed by atoms with Crippen molar-refractivity contribution in [2.24, 2.45) is 0 Å². The fraction of sp³-hybridized carbons (Fsp3) is 0.333. The van der Waals surface area contributed by atoms with Crippen molar-refractivity contribution in [2.75, 3.05) is 12.4 Å². The number of anilines is 1. The summed E-state index contributed by atoms with van der Waals surface area (Å²) < 4.78 is 5.89. The van der Waals surface area contributed by atoms with E-state index in [2.05, 4.69) is 42.1 Å². The third-order valence-electron chi connectivity index (χ3n) is 2.81. The summed E-state index contributed by atoms with van der Waals surface area (Å²) in [6, 6.07) is 9.80. The first-order chi connectivity index (χ1) is 9.00. The van der Waals surface area contributed by atoms with Gasteiger partial charge < -0.3 is 10.1 Å². The Morgan fingerprint density at radius 1 is 1.11 bits per heavy atom. The van der Waals surface area contributed by atoms with E-state index in [0.29, 0.717) is 5.88 Å². The molecule has 0 saturated carbocycles. The highest BCUT2D eigenvalue weighted by Crippen LogP contribution is 2.33. The zero-order chi connectivity index (χ0) is 13.9. The van der Waals surface area contributed by atoms with Crippen LogP contribution in [0.1, 0.15) is 26.3 Å². The number of hydrogen-bond acceptors (Lipinski definition) is 4. The van der Waals surface area contributed by atoms with E-state index >= 15 is 0 Å². The van der Waals surface area contributed by atoms with Gasteiger partial charge in [0.2, 0.25) is 5.88 Å². The molecule has 1 N–H and O–H groups in total. The number of hydrogen-bond donors (Lipinski definition) is 1. The van der Waals surface area contributed by atoms with Crippen LogP contribution in [-0.2, 0) is 5.41 Å². The Morgan fingerprint density at radius 3 is 2.53 bits per heavy atom. The topological polar surface area (TPSA) is 47.0 Å². The molecule has 0 aliphatic heterocycles. The molecule has 0 aliphatic carbocycles. The maximum atomic E-state index is 5.89. The monoisotopic (exact) mass is 257 g/mol. The van der Waals surface area contributed by atoms with Gasteiger partial charge in [0.1, 0.15) is 17.9 Å². The predicted molar refractivity (Wildman–Crippen MR) is 76.8 cm³/mol. The van der Waals surface area contributed by atoms with Crippen LogP contribution in [0.15, 0.2) is 36.7 Å². The van der Waals surface area contributed by atoms with Gasteiger partial charge in [0.15, 0.2) is 0 Å². The van der Waals surface area contributed by atoms with Crippen LogP contribution < -0.4 is 10.1 Å². The average molecular weight is 257 g/mol. The fourth-order valence-corrected chi connectivity index (χ4v) is 1.82. The van der Waals surface area contributed by atoms with E-state index in [9.17, 15) is 0 Å². The Bertz CT molecular complexity index is 561. The van der Waals surface area contributed by atoms with E-state index in [-0.39, 0.29) is 5.41 Å². The molecule has 0 spiro atoms. The summed E-state index contributed by atoms with van der Waals surface area (Å²) in [6.45, 7) is 6.48. The van der Waals surface area contributed by atoms with Crippen molar-refractivity contribution in [2.45, 2.75) is 26.2 Å². The van der Waals surface area contributed by atoms with Gasteiger partial charge in [-0.3, -0.25) is 0 Å². The minimum absolute atomic E-state index is 0.0233. The number of benzene rings is 1. The molecule has 1 aromatic heterocycles. The highest BCUT2D eigenvalue weighted by atomic mass is 16.5. The first kappa shape index (κ1) is 13.3. The Labute approximate surface area is 113 Å². The van der Waals surface area contributed by atoms with Gasteiger partial charge in [0, 0.05) is 18.7 Å². The lowest BCUT2D eigenvalue weighted by molar-refractivity contribution is 0.439. The van der Waals surface area contributed by atoms with E-state index in [4.69, 9.17) is 4.74 Å². The van der Waals surface area contributed by atoms with Crippen molar-refractivity contribution < 1.29 is 4.74 Å². The molecular weight excluding hydrogens is 238 g/mol. The number of ether oxygens (including phenoxy) is 1. The number of rotatable bonds is 3. The van der Waals surface area contributed by atoms with Gasteiger partial charge in [0.25, 0.3) is 0 Å². The van der Waals surface area contributed by atoms with Crippen LogP contribution >= 0.6 is 0 Å². The normalized spacial score (nSPS) is 11.2. The Balaban J connectivity index is 2.33. The van der Waals surface area contributed by atoms with Gasteiger partial charge in [-0.25, -0.2) is 9.97 Å². The number of nitrogens with one attached hydrogen (secondary N) is 1. The molecule has 0 radical (unpaired) electrons. The average Bonchev–Trinajstić information content (AvgIpc) is 2.38. The quantitative estimate of drug-likeness (QED) is 0.912.